The van der Waals surface area contributed by atoms with E-state index in [1.807, 2.05) is 0 Å². The van der Waals surface area contributed by atoms with Crippen molar-refractivity contribution in [2.45, 2.75) is 47.0 Å². The molecule has 1 heterocycles. The first-order chi connectivity index (χ1) is 9.45. The zero-order valence-electron chi connectivity index (χ0n) is 13.2. The zero-order valence-corrected chi connectivity index (χ0v) is 13.9. The van der Waals surface area contributed by atoms with Gasteiger partial charge in [-0.2, -0.15) is 0 Å². The second kappa shape index (κ2) is 6.17. The number of hydrogen-bond donors (Lipinski definition) is 0. The largest absolute Gasteiger partial charge is 0.327 e. The molecule has 0 radical (unpaired) electrons. The van der Waals surface area contributed by atoms with Crippen LogP contribution in [0.1, 0.15) is 39.1 Å². The Balaban J connectivity index is 2.49. The average molecular weight is 293 g/mol. The molecule has 0 aliphatic rings. The molecule has 20 heavy (non-hydrogen) atoms. The van der Waals surface area contributed by atoms with Gasteiger partial charge in [0.05, 0.1) is 16.9 Å². The van der Waals surface area contributed by atoms with Crippen LogP contribution in [0.4, 0.5) is 0 Å². The van der Waals surface area contributed by atoms with Crippen molar-refractivity contribution < 1.29 is 0 Å². The van der Waals surface area contributed by atoms with Gasteiger partial charge in [-0.15, -0.1) is 11.6 Å². The van der Waals surface area contributed by atoms with Crippen LogP contribution < -0.4 is 0 Å². The topological polar surface area (TPSA) is 17.8 Å². The lowest BCUT2D eigenvalue weighted by Crippen LogP contribution is -2.22. The summed E-state index contributed by atoms with van der Waals surface area (Å²) in [4.78, 5) is 4.73. The summed E-state index contributed by atoms with van der Waals surface area (Å²) >= 11 is 6.12. The fourth-order valence-electron chi connectivity index (χ4n) is 3.04. The molecule has 0 aliphatic carbocycles. The highest BCUT2D eigenvalue weighted by Gasteiger charge is 2.21. The molecule has 0 saturated heterocycles. The molecule has 0 N–H and O–H groups in total. The normalized spacial score (nSPS) is 12.2. The van der Waals surface area contributed by atoms with E-state index in [2.05, 4.69) is 57.4 Å². The maximum Gasteiger partial charge on any atom is 0.124 e. The van der Waals surface area contributed by atoms with E-state index in [9.17, 15) is 0 Å². The Labute approximate surface area is 127 Å². The SMILES string of the molecule is Cc1cccc2c1nc(CCl)n2CC(C(C)C)C(C)C. The van der Waals surface area contributed by atoms with Gasteiger partial charge in [0, 0.05) is 6.54 Å². The Morgan fingerprint density at radius 3 is 2.35 bits per heavy atom. The smallest absolute Gasteiger partial charge is 0.124 e. The van der Waals surface area contributed by atoms with Gasteiger partial charge in [0.2, 0.25) is 0 Å². The van der Waals surface area contributed by atoms with Gasteiger partial charge in [-0.25, -0.2) is 4.98 Å². The third-order valence-corrected chi connectivity index (χ3v) is 4.52. The summed E-state index contributed by atoms with van der Waals surface area (Å²) < 4.78 is 2.32. The second-order valence-corrected chi connectivity index (χ2v) is 6.63. The molecule has 0 atom stereocenters. The Kier molecular flexibility index (Phi) is 4.74. The van der Waals surface area contributed by atoms with Crippen molar-refractivity contribution in [1.82, 2.24) is 9.55 Å². The maximum atomic E-state index is 6.12. The first-order valence-electron chi connectivity index (χ1n) is 7.46. The number of nitrogens with zero attached hydrogens (tertiary/aromatic N) is 2. The van der Waals surface area contributed by atoms with E-state index in [1.54, 1.807) is 0 Å². The van der Waals surface area contributed by atoms with Crippen molar-refractivity contribution in [2.75, 3.05) is 0 Å². The van der Waals surface area contributed by atoms with Gasteiger partial charge in [0.25, 0.3) is 0 Å². The van der Waals surface area contributed by atoms with Crippen LogP contribution in [0.5, 0.6) is 0 Å². The summed E-state index contributed by atoms with van der Waals surface area (Å²) in [5, 5.41) is 0. The Hall–Kier alpha value is -1.02. The number of para-hydroxylation sites is 1. The Bertz CT molecular complexity index is 576. The fourth-order valence-corrected chi connectivity index (χ4v) is 3.25. The van der Waals surface area contributed by atoms with Crippen LogP contribution in [0.3, 0.4) is 0 Å². The predicted molar refractivity (Wildman–Crippen MR) is 87.2 cm³/mol. The molecule has 0 bridgehead atoms. The van der Waals surface area contributed by atoms with Crippen LogP contribution in [-0.4, -0.2) is 9.55 Å². The number of benzene rings is 1. The lowest BCUT2D eigenvalue weighted by Gasteiger charge is -2.26. The van der Waals surface area contributed by atoms with Gasteiger partial charge < -0.3 is 4.57 Å². The standard InChI is InChI=1S/C17H25ClN2/c1-11(2)14(12(3)4)10-20-15-8-6-7-13(5)17(15)19-16(20)9-18/h6-8,11-12,14H,9-10H2,1-5H3. The highest BCUT2D eigenvalue weighted by molar-refractivity contribution is 6.16. The van der Waals surface area contributed by atoms with Crippen LogP contribution in [0.2, 0.25) is 0 Å². The molecule has 2 nitrogen and oxygen atoms in total. The molecule has 0 unspecified atom stereocenters. The molecule has 1 aromatic carbocycles. The average Bonchev–Trinajstić information content (AvgIpc) is 2.74. The van der Waals surface area contributed by atoms with E-state index in [1.165, 1.54) is 11.1 Å². The quantitative estimate of drug-likeness (QED) is 0.708. The number of alkyl halides is 1. The molecular weight excluding hydrogens is 268 g/mol. The van der Waals surface area contributed by atoms with E-state index in [0.29, 0.717) is 23.6 Å². The molecule has 3 heteroatoms. The predicted octanol–water partition coefficient (Wildman–Crippen LogP) is 5.01. The highest BCUT2D eigenvalue weighted by Crippen LogP contribution is 2.27. The van der Waals surface area contributed by atoms with Crippen molar-refractivity contribution >= 4 is 22.6 Å². The van der Waals surface area contributed by atoms with E-state index >= 15 is 0 Å². The van der Waals surface area contributed by atoms with Crippen LogP contribution in [0.15, 0.2) is 18.2 Å². The monoisotopic (exact) mass is 292 g/mol. The summed E-state index contributed by atoms with van der Waals surface area (Å²) in [7, 11) is 0. The summed E-state index contributed by atoms with van der Waals surface area (Å²) in [5.74, 6) is 3.40. The molecule has 0 saturated carbocycles. The molecular formula is C17H25ClN2. The molecule has 0 aliphatic heterocycles. The summed E-state index contributed by atoms with van der Waals surface area (Å²) in [6.45, 7) is 12.3. The second-order valence-electron chi connectivity index (χ2n) is 6.37. The molecule has 2 rings (SSSR count). The molecule has 0 amide bonds. The Morgan fingerprint density at radius 2 is 1.80 bits per heavy atom. The van der Waals surface area contributed by atoms with E-state index in [0.717, 1.165) is 17.9 Å². The van der Waals surface area contributed by atoms with Gasteiger partial charge in [-0.3, -0.25) is 0 Å². The number of aryl methyl sites for hydroxylation is 1. The van der Waals surface area contributed by atoms with E-state index in [-0.39, 0.29) is 0 Å². The summed E-state index contributed by atoms with van der Waals surface area (Å²) in [6, 6.07) is 6.37. The highest BCUT2D eigenvalue weighted by atomic mass is 35.5. The van der Waals surface area contributed by atoms with Crippen molar-refractivity contribution in [3.05, 3.63) is 29.6 Å². The number of imidazole rings is 1. The maximum absolute atomic E-state index is 6.12. The van der Waals surface area contributed by atoms with Crippen molar-refractivity contribution in [3.8, 4) is 0 Å². The van der Waals surface area contributed by atoms with Crippen LogP contribution in [-0.2, 0) is 12.4 Å². The molecule has 0 fully saturated rings. The van der Waals surface area contributed by atoms with Gasteiger partial charge in [-0.1, -0.05) is 39.8 Å². The van der Waals surface area contributed by atoms with Crippen molar-refractivity contribution in [2.24, 2.45) is 17.8 Å². The molecule has 110 valence electrons. The van der Waals surface area contributed by atoms with Crippen molar-refractivity contribution in [3.63, 3.8) is 0 Å². The first kappa shape index (κ1) is 15.4. The number of aromatic nitrogens is 2. The lowest BCUT2D eigenvalue weighted by atomic mass is 9.85. The third kappa shape index (κ3) is 2.85. The van der Waals surface area contributed by atoms with Crippen LogP contribution >= 0.6 is 11.6 Å². The number of hydrogen-bond acceptors (Lipinski definition) is 1. The molecule has 0 spiro atoms. The Morgan fingerprint density at radius 1 is 1.15 bits per heavy atom. The number of fused-ring (bicyclic) bond motifs is 1. The summed E-state index contributed by atoms with van der Waals surface area (Å²) in [5.41, 5.74) is 3.53. The van der Waals surface area contributed by atoms with Crippen LogP contribution in [0, 0.1) is 24.7 Å². The van der Waals surface area contributed by atoms with Crippen LogP contribution in [0.25, 0.3) is 11.0 Å². The third-order valence-electron chi connectivity index (χ3n) is 4.29. The minimum absolute atomic E-state index is 0.469. The number of rotatable bonds is 5. The minimum atomic E-state index is 0.469. The van der Waals surface area contributed by atoms with Gasteiger partial charge in [0.1, 0.15) is 5.82 Å². The fraction of sp³-hybridized carbons (Fsp3) is 0.588. The first-order valence-corrected chi connectivity index (χ1v) is 7.99. The minimum Gasteiger partial charge on any atom is -0.327 e. The molecule has 2 aromatic rings. The van der Waals surface area contributed by atoms with Gasteiger partial charge >= 0.3 is 0 Å². The lowest BCUT2D eigenvalue weighted by molar-refractivity contribution is 0.252. The van der Waals surface area contributed by atoms with Crippen molar-refractivity contribution in [1.29, 1.82) is 0 Å². The summed E-state index contributed by atoms with van der Waals surface area (Å²) in [6.07, 6.45) is 0. The molecule has 1 aromatic heterocycles. The number of halogens is 1. The van der Waals surface area contributed by atoms with Gasteiger partial charge in [0.15, 0.2) is 0 Å². The van der Waals surface area contributed by atoms with Gasteiger partial charge in [-0.05, 0) is 36.3 Å². The van der Waals surface area contributed by atoms with E-state index < -0.39 is 0 Å². The zero-order chi connectivity index (χ0) is 14.9. The van der Waals surface area contributed by atoms with E-state index in [4.69, 9.17) is 16.6 Å².